The van der Waals surface area contributed by atoms with Gasteiger partial charge in [0.2, 0.25) is 0 Å². The molecule has 2 aliphatic heterocycles. The van der Waals surface area contributed by atoms with E-state index in [1.165, 1.54) is 12.3 Å². The third-order valence-corrected chi connectivity index (χ3v) is 6.91. The lowest BCUT2D eigenvalue weighted by Gasteiger charge is -2.40. The van der Waals surface area contributed by atoms with Gasteiger partial charge in [0.05, 0.1) is 29.5 Å². The van der Waals surface area contributed by atoms with Crippen molar-refractivity contribution >= 4 is 29.5 Å². The monoisotopic (exact) mass is 443 g/mol. The number of nitrogens with two attached hydrogens (primary N) is 1. The van der Waals surface area contributed by atoms with E-state index in [0.717, 1.165) is 50.5 Å². The molecule has 0 spiro atoms. The normalized spacial score (nSPS) is 25.2. The summed E-state index contributed by atoms with van der Waals surface area (Å²) in [6, 6.07) is 2.42. The second-order valence-electron chi connectivity index (χ2n) is 9.14. The molecule has 1 amide bonds. The lowest BCUT2D eigenvalue weighted by Crippen LogP contribution is -2.41. The number of fused-ring (bicyclic) bond motifs is 1. The van der Waals surface area contributed by atoms with Crippen LogP contribution in [-0.4, -0.2) is 49.2 Å². The molecule has 1 aromatic carbocycles. The Hall–Kier alpha value is -2.94. The van der Waals surface area contributed by atoms with Crippen molar-refractivity contribution < 1.29 is 18.7 Å². The van der Waals surface area contributed by atoms with Gasteiger partial charge in [0.15, 0.2) is 0 Å². The molecule has 0 radical (unpaired) electrons. The van der Waals surface area contributed by atoms with Crippen molar-refractivity contribution in [3.05, 3.63) is 34.9 Å². The average Bonchev–Trinajstić information content (AvgIpc) is 3.39. The van der Waals surface area contributed by atoms with Crippen LogP contribution < -0.4 is 16.4 Å². The van der Waals surface area contributed by atoms with Gasteiger partial charge in [0, 0.05) is 18.3 Å². The maximum atomic E-state index is 13.9. The van der Waals surface area contributed by atoms with E-state index < -0.39 is 11.7 Å². The van der Waals surface area contributed by atoms with E-state index >= 15 is 0 Å². The fraction of sp³-hybridized carbons (Fsp3) is 0.522. The molecule has 2 atom stereocenters. The maximum absolute atomic E-state index is 13.9. The number of hydrogen-bond donors (Lipinski definition) is 4. The van der Waals surface area contributed by atoms with Gasteiger partial charge >= 0.3 is 5.97 Å². The number of primary amides is 1. The second kappa shape index (κ2) is 8.54. The first-order chi connectivity index (χ1) is 15.3. The largest absolute Gasteiger partial charge is 0.466 e. The van der Waals surface area contributed by atoms with Gasteiger partial charge in [0.1, 0.15) is 11.6 Å². The highest BCUT2D eigenvalue weighted by molar-refractivity contribution is 6.04. The molecular weight excluding hydrogens is 413 g/mol. The first kappa shape index (κ1) is 22.3. The molecule has 1 aromatic rings. The van der Waals surface area contributed by atoms with Crippen LogP contribution in [0.1, 0.15) is 43.5 Å². The van der Waals surface area contributed by atoms with Crippen LogP contribution in [-0.2, 0) is 9.53 Å². The zero-order valence-electron chi connectivity index (χ0n) is 18.5. The summed E-state index contributed by atoms with van der Waals surface area (Å²) in [5, 5.41) is 14.4. The average molecular weight is 444 g/mol. The van der Waals surface area contributed by atoms with Crippen molar-refractivity contribution in [3.8, 4) is 0 Å². The molecule has 1 saturated heterocycles. The molecule has 1 aliphatic carbocycles. The van der Waals surface area contributed by atoms with E-state index in [9.17, 15) is 14.0 Å². The summed E-state index contributed by atoms with van der Waals surface area (Å²) >= 11 is 0. The summed E-state index contributed by atoms with van der Waals surface area (Å²) in [7, 11) is 0. The van der Waals surface area contributed by atoms with Crippen LogP contribution in [0.4, 0.5) is 15.8 Å². The number of esters is 1. The van der Waals surface area contributed by atoms with Crippen LogP contribution in [0.25, 0.3) is 0 Å². The number of halogens is 1. The second-order valence-corrected chi connectivity index (χ2v) is 9.14. The first-order valence-corrected chi connectivity index (χ1v) is 11.1. The number of amides is 1. The van der Waals surface area contributed by atoms with Gasteiger partial charge in [-0.15, -0.1) is 0 Å². The standard InChI is InChI=1S/C23H30FN5O3/c1-3-32-22(31)15-8-13(15)12-29-6-4-23(2,5-7-29)17(11-25)21-27-18-10-14(24)9-16(20(26)30)19(18)28-21/h9-11,13,15,25,27-28H,3-8,12H2,1-2H3,(H2,26,30)/b21-17+,25-11?. The minimum absolute atomic E-state index is 0.0350. The molecule has 5 N–H and O–H groups in total. The van der Waals surface area contributed by atoms with E-state index in [2.05, 4.69) is 22.5 Å². The summed E-state index contributed by atoms with van der Waals surface area (Å²) in [5.41, 5.74) is 6.89. The molecule has 1 saturated carbocycles. The molecule has 32 heavy (non-hydrogen) atoms. The lowest BCUT2D eigenvalue weighted by molar-refractivity contribution is -0.145. The third kappa shape index (κ3) is 4.21. The smallest absolute Gasteiger partial charge is 0.309 e. The van der Waals surface area contributed by atoms with Crippen molar-refractivity contribution in [1.82, 2.24) is 4.90 Å². The highest BCUT2D eigenvalue weighted by Crippen LogP contribution is 2.45. The van der Waals surface area contributed by atoms with E-state index in [0.29, 0.717) is 29.7 Å². The molecular formula is C23H30FN5O3. The Morgan fingerprint density at radius 2 is 2.06 bits per heavy atom. The SMILES string of the molecule is CCOC(=O)C1CC1CN1CCC(C)(/C(C=N)=C2\Nc3cc(F)cc(C(N)=O)c3N2)CC1. The minimum atomic E-state index is -0.714. The van der Waals surface area contributed by atoms with Gasteiger partial charge in [-0.3, -0.25) is 9.59 Å². The minimum Gasteiger partial charge on any atom is -0.466 e. The van der Waals surface area contributed by atoms with E-state index in [1.807, 2.05) is 6.92 Å². The van der Waals surface area contributed by atoms with Crippen LogP contribution in [0.2, 0.25) is 0 Å². The zero-order chi connectivity index (χ0) is 23.0. The molecule has 0 bridgehead atoms. The summed E-state index contributed by atoms with van der Waals surface area (Å²) in [5.74, 6) is -0.358. The predicted octanol–water partition coefficient (Wildman–Crippen LogP) is 2.92. The Kier molecular flexibility index (Phi) is 5.94. The molecule has 2 unspecified atom stereocenters. The Bertz CT molecular complexity index is 984. The van der Waals surface area contributed by atoms with Crippen molar-refractivity contribution in [2.75, 3.05) is 36.9 Å². The van der Waals surface area contributed by atoms with Crippen LogP contribution in [0, 0.1) is 28.5 Å². The number of rotatable bonds is 7. The molecule has 172 valence electrons. The Morgan fingerprint density at radius 1 is 1.34 bits per heavy atom. The van der Waals surface area contributed by atoms with E-state index in [1.54, 1.807) is 0 Å². The number of nitrogens with one attached hydrogen (secondary N) is 3. The van der Waals surface area contributed by atoms with Gasteiger partial charge in [-0.1, -0.05) is 6.92 Å². The molecule has 8 nitrogen and oxygen atoms in total. The number of ether oxygens (including phenoxy) is 1. The van der Waals surface area contributed by atoms with E-state index in [-0.39, 0.29) is 22.9 Å². The maximum Gasteiger partial charge on any atom is 0.309 e. The number of piperidine rings is 1. The quantitative estimate of drug-likeness (QED) is 0.380. The number of carbonyl (C=O) groups excluding carboxylic acids is 2. The van der Waals surface area contributed by atoms with Crippen LogP contribution in [0.5, 0.6) is 0 Å². The number of hydrogen-bond acceptors (Lipinski definition) is 7. The molecule has 2 heterocycles. The van der Waals surface area contributed by atoms with Crippen LogP contribution in [0.3, 0.4) is 0 Å². The van der Waals surface area contributed by atoms with Gasteiger partial charge < -0.3 is 31.4 Å². The van der Waals surface area contributed by atoms with Gasteiger partial charge in [-0.2, -0.15) is 0 Å². The topological polar surface area (TPSA) is 121 Å². The van der Waals surface area contributed by atoms with Crippen LogP contribution in [0.15, 0.2) is 23.5 Å². The summed E-state index contributed by atoms with van der Waals surface area (Å²) in [6.45, 7) is 6.98. The summed E-state index contributed by atoms with van der Waals surface area (Å²) < 4.78 is 19.0. The number of allylic oxidation sites excluding steroid dienone is 1. The Labute approximate surface area is 186 Å². The fourth-order valence-electron chi connectivity index (χ4n) is 4.83. The fourth-order valence-corrected chi connectivity index (χ4v) is 4.83. The molecule has 3 aliphatic rings. The van der Waals surface area contributed by atoms with Crippen molar-refractivity contribution in [2.24, 2.45) is 23.0 Å². The van der Waals surface area contributed by atoms with Gasteiger partial charge in [0.25, 0.3) is 5.91 Å². The predicted molar refractivity (Wildman–Crippen MR) is 120 cm³/mol. The van der Waals surface area contributed by atoms with Crippen molar-refractivity contribution in [2.45, 2.75) is 33.1 Å². The molecule has 0 aromatic heterocycles. The third-order valence-electron chi connectivity index (χ3n) is 6.91. The zero-order valence-corrected chi connectivity index (χ0v) is 18.5. The number of nitrogens with zero attached hydrogens (tertiary/aromatic N) is 1. The highest BCUT2D eigenvalue weighted by atomic mass is 19.1. The Morgan fingerprint density at radius 3 is 2.69 bits per heavy atom. The number of carbonyl (C=O) groups is 2. The molecule has 2 fully saturated rings. The lowest BCUT2D eigenvalue weighted by atomic mass is 9.74. The van der Waals surface area contributed by atoms with Crippen molar-refractivity contribution in [1.29, 1.82) is 5.41 Å². The molecule has 4 rings (SSSR count). The first-order valence-electron chi connectivity index (χ1n) is 11.1. The van der Waals surface area contributed by atoms with E-state index in [4.69, 9.17) is 15.9 Å². The van der Waals surface area contributed by atoms with Crippen LogP contribution >= 0.6 is 0 Å². The number of likely N-dealkylation sites (tertiary alicyclic amines) is 1. The highest BCUT2D eigenvalue weighted by Gasteiger charge is 2.46. The van der Waals surface area contributed by atoms with Crippen molar-refractivity contribution in [3.63, 3.8) is 0 Å². The molecule has 9 heteroatoms. The number of anilines is 2. The number of benzene rings is 1. The van der Waals surface area contributed by atoms with Gasteiger partial charge in [-0.25, -0.2) is 4.39 Å². The Balaban J connectivity index is 1.44. The summed E-state index contributed by atoms with van der Waals surface area (Å²) in [6.07, 6.45) is 3.91. The van der Waals surface area contributed by atoms with Gasteiger partial charge in [-0.05, 0) is 62.7 Å². The summed E-state index contributed by atoms with van der Waals surface area (Å²) in [4.78, 5) is 26.0.